The van der Waals surface area contributed by atoms with Gasteiger partial charge in [0.25, 0.3) is 5.78 Å². The van der Waals surface area contributed by atoms with Gasteiger partial charge in [-0.3, -0.25) is 4.90 Å². The van der Waals surface area contributed by atoms with Gasteiger partial charge in [0.05, 0.1) is 12.5 Å². The molecule has 37 heavy (non-hydrogen) atoms. The van der Waals surface area contributed by atoms with Crippen LogP contribution in [0.2, 0.25) is 0 Å². The molecule has 2 aliphatic heterocycles. The van der Waals surface area contributed by atoms with E-state index in [4.69, 9.17) is 15.3 Å². The Morgan fingerprint density at radius 2 is 2.00 bits per heavy atom. The summed E-state index contributed by atoms with van der Waals surface area (Å²) in [6.07, 6.45) is 5.22. The number of thiazole rings is 1. The largest absolute Gasteiger partial charge is 0.477 e. The molecule has 0 bridgehead atoms. The second kappa shape index (κ2) is 10.5. The van der Waals surface area contributed by atoms with Crippen molar-refractivity contribution in [3.8, 4) is 11.6 Å². The first-order valence-corrected chi connectivity index (χ1v) is 12.7. The molecule has 0 radical (unpaired) electrons. The summed E-state index contributed by atoms with van der Waals surface area (Å²) in [4.78, 5) is 36.2. The van der Waals surface area contributed by atoms with Crippen molar-refractivity contribution in [1.82, 2.24) is 34.4 Å². The highest BCUT2D eigenvalue weighted by atomic mass is 35.5. The van der Waals surface area contributed by atoms with Crippen molar-refractivity contribution < 1.29 is 14.3 Å². The Bertz CT molecular complexity index is 1370. The molecule has 0 saturated carbocycles. The maximum atomic E-state index is 11.1. The van der Waals surface area contributed by atoms with Crippen LogP contribution in [0.4, 0.5) is 17.0 Å². The average Bonchev–Trinajstić information content (AvgIpc) is 3.65. The summed E-state index contributed by atoms with van der Waals surface area (Å²) in [5, 5.41) is 14.3. The molecule has 196 valence electrons. The normalized spacial score (nSPS) is 18.8. The number of piperazine rings is 1. The van der Waals surface area contributed by atoms with Crippen LogP contribution in [0.5, 0.6) is 0 Å². The average molecular weight is 547 g/mol. The van der Waals surface area contributed by atoms with Gasteiger partial charge in [0.15, 0.2) is 10.9 Å². The Hall–Kier alpha value is -3.49. The molecular formula is C22H27ClN10O3S. The molecule has 1 unspecified atom stereocenters. The number of nitrogens with zero attached hydrogens (tertiary/aromatic N) is 9. The molecule has 2 saturated heterocycles. The molecular weight excluding hydrogens is 520 g/mol. The highest BCUT2D eigenvalue weighted by Crippen LogP contribution is 2.26. The number of nitrogens with two attached hydrogens (primary N) is 1. The number of halogens is 1. The van der Waals surface area contributed by atoms with Crippen LogP contribution in [0.15, 0.2) is 29.0 Å². The summed E-state index contributed by atoms with van der Waals surface area (Å²) in [6, 6.07) is 3.57. The van der Waals surface area contributed by atoms with Crippen molar-refractivity contribution in [3.63, 3.8) is 0 Å². The minimum atomic E-state index is -0.925. The van der Waals surface area contributed by atoms with Crippen LogP contribution >= 0.6 is 23.7 Å². The summed E-state index contributed by atoms with van der Waals surface area (Å²) >= 11 is 1.23. The zero-order chi connectivity index (χ0) is 24.6. The fraction of sp³-hybridized carbons (Fsp3) is 0.455. The summed E-state index contributed by atoms with van der Waals surface area (Å²) in [6.45, 7) is 6.23. The Morgan fingerprint density at radius 1 is 1.16 bits per heavy atom. The van der Waals surface area contributed by atoms with E-state index in [1.807, 2.05) is 0 Å². The van der Waals surface area contributed by atoms with Crippen molar-refractivity contribution >= 4 is 52.5 Å². The van der Waals surface area contributed by atoms with Gasteiger partial charge >= 0.3 is 5.97 Å². The second-order valence-electron chi connectivity index (χ2n) is 9.06. The van der Waals surface area contributed by atoms with Gasteiger partial charge in [0.2, 0.25) is 17.7 Å². The lowest BCUT2D eigenvalue weighted by Gasteiger charge is -2.39. The molecule has 0 amide bonds. The summed E-state index contributed by atoms with van der Waals surface area (Å²) in [7, 11) is 0. The van der Waals surface area contributed by atoms with E-state index in [1.54, 1.807) is 18.4 Å². The lowest BCUT2D eigenvalue weighted by molar-refractivity contribution is 0.0702. The number of anilines is 3. The van der Waals surface area contributed by atoms with Crippen LogP contribution < -0.4 is 15.5 Å². The number of rotatable bonds is 6. The van der Waals surface area contributed by atoms with Crippen molar-refractivity contribution in [1.29, 1.82) is 0 Å². The molecule has 13 nitrogen and oxygen atoms in total. The van der Waals surface area contributed by atoms with Crippen LogP contribution in [0.1, 0.15) is 22.5 Å². The summed E-state index contributed by atoms with van der Waals surface area (Å²) in [5.74, 6) is 1.75. The van der Waals surface area contributed by atoms with Crippen molar-refractivity contribution in [2.45, 2.75) is 12.8 Å². The molecule has 0 aliphatic carbocycles. The predicted molar refractivity (Wildman–Crippen MR) is 141 cm³/mol. The van der Waals surface area contributed by atoms with E-state index in [9.17, 15) is 4.79 Å². The molecule has 1 atom stereocenters. The lowest BCUT2D eigenvalue weighted by atomic mass is 9.97. The third-order valence-electron chi connectivity index (χ3n) is 6.63. The maximum absolute atomic E-state index is 11.1. The van der Waals surface area contributed by atoms with Gasteiger partial charge in [0, 0.05) is 45.8 Å². The third-order valence-corrected chi connectivity index (χ3v) is 7.67. The van der Waals surface area contributed by atoms with Gasteiger partial charge in [-0.05, 0) is 30.9 Å². The van der Waals surface area contributed by atoms with E-state index in [0.717, 1.165) is 63.8 Å². The molecule has 0 aromatic carbocycles. The standard InChI is InChI=1S/C22H26N10O3S.ClH/c23-19-26-20(27-21-25-17(28-32(19)21)15-4-2-10-35-15)31-5-1-3-14(13-31)12-29-6-8-30(9-7-29)22-24-11-16(36-22)18(33)34;/h2,4,10-11,14H,1,3,5-9,12-13H2,(H,33,34)(H2,23,25,26,27,28);1H. The molecule has 6 rings (SSSR count). The van der Waals surface area contributed by atoms with Crippen LogP contribution in [-0.2, 0) is 0 Å². The quantitative estimate of drug-likeness (QED) is 0.363. The number of carbonyl (C=O) groups is 1. The molecule has 0 spiro atoms. The monoisotopic (exact) mass is 546 g/mol. The first-order valence-electron chi connectivity index (χ1n) is 11.9. The highest BCUT2D eigenvalue weighted by molar-refractivity contribution is 7.17. The minimum absolute atomic E-state index is 0. The summed E-state index contributed by atoms with van der Waals surface area (Å²) < 4.78 is 6.83. The molecule has 2 aliphatic rings. The van der Waals surface area contributed by atoms with Crippen LogP contribution in [0, 0.1) is 5.92 Å². The molecule has 6 heterocycles. The van der Waals surface area contributed by atoms with Gasteiger partial charge < -0.3 is 25.1 Å². The first kappa shape index (κ1) is 25.2. The zero-order valence-electron chi connectivity index (χ0n) is 19.9. The van der Waals surface area contributed by atoms with Gasteiger partial charge in [-0.15, -0.1) is 17.5 Å². The van der Waals surface area contributed by atoms with E-state index in [0.29, 0.717) is 29.2 Å². The van der Waals surface area contributed by atoms with Gasteiger partial charge in [0.1, 0.15) is 4.88 Å². The Labute approximate surface area is 222 Å². The fourth-order valence-corrected chi connectivity index (χ4v) is 5.64. The third kappa shape index (κ3) is 5.17. The van der Waals surface area contributed by atoms with E-state index < -0.39 is 5.97 Å². The molecule has 4 aromatic rings. The van der Waals surface area contributed by atoms with E-state index in [1.165, 1.54) is 22.0 Å². The van der Waals surface area contributed by atoms with Gasteiger partial charge in [-0.1, -0.05) is 11.3 Å². The number of aromatic nitrogens is 6. The number of carboxylic acids is 1. The number of furan rings is 1. The van der Waals surface area contributed by atoms with E-state index >= 15 is 0 Å². The number of hydrogen-bond donors (Lipinski definition) is 2. The molecule has 15 heteroatoms. The lowest BCUT2D eigenvalue weighted by Crippen LogP contribution is -2.49. The number of fused-ring (bicyclic) bond motifs is 1. The SMILES string of the molecule is Cl.Nc1nc(N2CCCC(CN3CCN(c4ncc(C(=O)O)s4)CC3)C2)nc2nc(-c3ccco3)nn12. The number of piperidine rings is 1. The van der Waals surface area contributed by atoms with Crippen molar-refractivity contribution in [2.75, 3.05) is 61.3 Å². The molecule has 3 N–H and O–H groups in total. The summed E-state index contributed by atoms with van der Waals surface area (Å²) in [5.41, 5.74) is 6.20. The minimum Gasteiger partial charge on any atom is -0.477 e. The van der Waals surface area contributed by atoms with Gasteiger partial charge in [-0.25, -0.2) is 9.78 Å². The van der Waals surface area contributed by atoms with Crippen LogP contribution in [0.3, 0.4) is 0 Å². The number of nitrogen functional groups attached to an aromatic ring is 1. The van der Waals surface area contributed by atoms with Crippen molar-refractivity contribution in [2.24, 2.45) is 5.92 Å². The van der Waals surface area contributed by atoms with Crippen LogP contribution in [0.25, 0.3) is 17.4 Å². The maximum Gasteiger partial charge on any atom is 0.347 e. The zero-order valence-corrected chi connectivity index (χ0v) is 21.6. The first-order chi connectivity index (χ1) is 17.5. The smallest absolute Gasteiger partial charge is 0.347 e. The number of aromatic carboxylic acids is 1. The van der Waals surface area contributed by atoms with Crippen LogP contribution in [-0.4, -0.2) is 91.3 Å². The molecule has 2 fully saturated rings. The van der Waals surface area contributed by atoms with Gasteiger partial charge in [-0.2, -0.15) is 19.5 Å². The number of carboxylic acid groups (broad SMARTS) is 1. The highest BCUT2D eigenvalue weighted by Gasteiger charge is 2.27. The Morgan fingerprint density at radius 3 is 2.73 bits per heavy atom. The fourth-order valence-electron chi connectivity index (χ4n) is 4.84. The van der Waals surface area contributed by atoms with Crippen molar-refractivity contribution in [3.05, 3.63) is 29.5 Å². The number of hydrogen-bond acceptors (Lipinski definition) is 12. The van der Waals surface area contributed by atoms with E-state index in [2.05, 4.69) is 39.7 Å². The topological polar surface area (TPSA) is 155 Å². The molecule has 4 aromatic heterocycles. The Balaban J connectivity index is 0.00000280. The predicted octanol–water partition coefficient (Wildman–Crippen LogP) is 1.98. The Kier molecular flexibility index (Phi) is 7.13. The second-order valence-corrected chi connectivity index (χ2v) is 10.1. The van der Waals surface area contributed by atoms with E-state index in [-0.39, 0.29) is 23.2 Å².